The molecule has 1 unspecified atom stereocenters. The van der Waals surface area contributed by atoms with E-state index in [1.807, 2.05) is 27.7 Å². The lowest BCUT2D eigenvalue weighted by Gasteiger charge is -2.27. The fraction of sp³-hybridized carbons (Fsp3) is 0.455. The summed E-state index contributed by atoms with van der Waals surface area (Å²) >= 11 is 0. The monoisotopic (exact) mass is 428 g/mol. The third kappa shape index (κ3) is 4.55. The average molecular weight is 428 g/mol. The van der Waals surface area contributed by atoms with E-state index in [1.54, 1.807) is 24.3 Å². The molecule has 0 radical (unpaired) electrons. The molecule has 0 aliphatic carbocycles. The Kier molecular flexibility index (Phi) is 6.33. The molecule has 0 saturated carbocycles. The lowest BCUT2D eigenvalue weighted by atomic mass is 10.0. The zero-order chi connectivity index (χ0) is 22.9. The maximum Gasteiger partial charge on any atom is 0.339 e. The van der Waals surface area contributed by atoms with Gasteiger partial charge in [0, 0.05) is 18.7 Å². The van der Waals surface area contributed by atoms with Crippen LogP contribution in [-0.2, 0) is 16.1 Å². The molecule has 2 heterocycles. The van der Waals surface area contributed by atoms with Gasteiger partial charge in [0.1, 0.15) is 11.9 Å². The van der Waals surface area contributed by atoms with Crippen molar-refractivity contribution in [2.24, 2.45) is 11.8 Å². The van der Waals surface area contributed by atoms with Crippen LogP contribution in [0.4, 0.5) is 11.5 Å². The molecule has 166 valence electrons. The summed E-state index contributed by atoms with van der Waals surface area (Å²) in [5.41, 5.74) is 5.89. The second kappa shape index (κ2) is 8.79. The van der Waals surface area contributed by atoms with Gasteiger partial charge in [0.05, 0.1) is 12.0 Å². The molecule has 1 atom stereocenters. The van der Waals surface area contributed by atoms with Gasteiger partial charge >= 0.3 is 11.7 Å². The molecule has 1 amide bonds. The van der Waals surface area contributed by atoms with Crippen molar-refractivity contribution in [2.75, 3.05) is 17.2 Å². The summed E-state index contributed by atoms with van der Waals surface area (Å²) in [4.78, 5) is 54.0. The normalized spacial score (nSPS) is 15.3. The molecule has 31 heavy (non-hydrogen) atoms. The molecule has 0 bridgehead atoms. The highest BCUT2D eigenvalue weighted by Gasteiger charge is 2.35. The lowest BCUT2D eigenvalue weighted by Crippen LogP contribution is -2.43. The van der Waals surface area contributed by atoms with Crippen LogP contribution in [0.5, 0.6) is 0 Å². The highest BCUT2D eigenvalue weighted by atomic mass is 16.5. The molecular formula is C22H28N4O5. The number of carbonyl (C=O) groups excluding carboxylic acids is 2. The number of cyclic esters (lactones) is 1. The summed E-state index contributed by atoms with van der Waals surface area (Å²) in [5.74, 6) is -0.837. The fourth-order valence-electron chi connectivity index (χ4n) is 3.71. The summed E-state index contributed by atoms with van der Waals surface area (Å²) in [5, 5.41) is 0. The van der Waals surface area contributed by atoms with Crippen LogP contribution in [0.15, 0.2) is 33.9 Å². The number of hydrogen-bond acceptors (Lipinski definition) is 6. The van der Waals surface area contributed by atoms with Crippen molar-refractivity contribution in [3.8, 4) is 0 Å². The first-order valence-electron chi connectivity index (χ1n) is 10.3. The minimum atomic E-state index is -0.743. The Morgan fingerprint density at radius 3 is 2.48 bits per heavy atom. The summed E-state index contributed by atoms with van der Waals surface area (Å²) in [7, 11) is 0. The second-order valence-electron chi connectivity index (χ2n) is 8.58. The number of fused-ring (bicyclic) bond motifs is 1. The largest absolute Gasteiger partial charge is 0.453 e. The number of nitrogens with two attached hydrogens (primary N) is 1. The summed E-state index contributed by atoms with van der Waals surface area (Å²) in [6.45, 7) is 8.15. The summed E-state index contributed by atoms with van der Waals surface area (Å²) in [6, 6.07) is 6.90. The molecule has 0 spiro atoms. The Bertz CT molecular complexity index is 1120. The van der Waals surface area contributed by atoms with E-state index in [0.29, 0.717) is 17.7 Å². The van der Waals surface area contributed by atoms with Gasteiger partial charge in [-0.25, -0.2) is 9.59 Å². The van der Waals surface area contributed by atoms with E-state index >= 15 is 0 Å². The number of aromatic amines is 1. The topological polar surface area (TPSA) is 127 Å². The Labute approximate surface area is 179 Å². The van der Waals surface area contributed by atoms with E-state index in [4.69, 9.17) is 10.5 Å². The predicted octanol–water partition coefficient (Wildman–Crippen LogP) is 2.07. The molecule has 3 N–H and O–H groups in total. The first-order chi connectivity index (χ1) is 14.6. The number of ether oxygens (including phenoxy) is 1. The van der Waals surface area contributed by atoms with Crippen LogP contribution in [0.3, 0.4) is 0 Å². The van der Waals surface area contributed by atoms with Crippen LogP contribution in [-0.4, -0.2) is 28.0 Å². The van der Waals surface area contributed by atoms with Crippen LogP contribution in [0, 0.1) is 11.8 Å². The predicted molar refractivity (Wildman–Crippen MR) is 117 cm³/mol. The van der Waals surface area contributed by atoms with E-state index in [1.165, 1.54) is 9.47 Å². The SMILES string of the molecule is CC(C)CN(C(=O)CC1OC(=O)c2ccccc21)c1c(N)n(CC(C)C)c(=O)[nH]c1=O. The third-order valence-electron chi connectivity index (χ3n) is 5.02. The lowest BCUT2D eigenvalue weighted by molar-refractivity contribution is -0.120. The summed E-state index contributed by atoms with van der Waals surface area (Å²) < 4.78 is 6.66. The number of aromatic nitrogens is 2. The maximum atomic E-state index is 13.3. The first-order valence-corrected chi connectivity index (χ1v) is 10.3. The molecule has 0 saturated heterocycles. The number of H-pyrrole nitrogens is 1. The van der Waals surface area contributed by atoms with Crippen LogP contribution < -0.4 is 21.9 Å². The van der Waals surface area contributed by atoms with Crippen molar-refractivity contribution in [2.45, 2.75) is 46.8 Å². The number of nitrogens with one attached hydrogen (secondary N) is 1. The van der Waals surface area contributed by atoms with Crippen LogP contribution in [0.2, 0.25) is 0 Å². The van der Waals surface area contributed by atoms with Gasteiger partial charge < -0.3 is 15.4 Å². The molecule has 9 nitrogen and oxygen atoms in total. The van der Waals surface area contributed by atoms with Gasteiger partial charge in [-0.1, -0.05) is 45.9 Å². The van der Waals surface area contributed by atoms with Gasteiger partial charge in [-0.2, -0.15) is 0 Å². The van der Waals surface area contributed by atoms with Crippen LogP contribution in [0.25, 0.3) is 0 Å². The number of hydrogen-bond donors (Lipinski definition) is 2. The van der Waals surface area contributed by atoms with Gasteiger partial charge in [0.25, 0.3) is 5.56 Å². The van der Waals surface area contributed by atoms with Gasteiger partial charge in [-0.3, -0.25) is 19.1 Å². The number of rotatable bonds is 7. The van der Waals surface area contributed by atoms with E-state index in [-0.39, 0.29) is 36.3 Å². The zero-order valence-corrected chi connectivity index (χ0v) is 18.2. The number of esters is 1. The van der Waals surface area contributed by atoms with Gasteiger partial charge in [0.2, 0.25) is 5.91 Å². The quantitative estimate of drug-likeness (QED) is 0.650. The van der Waals surface area contributed by atoms with Gasteiger partial charge in [0.15, 0.2) is 5.69 Å². The number of carbonyl (C=O) groups is 2. The van der Waals surface area contributed by atoms with E-state index in [0.717, 1.165) is 0 Å². The number of amides is 1. The highest BCUT2D eigenvalue weighted by molar-refractivity contribution is 5.98. The standard InChI is InChI=1S/C22H28N4O5/c1-12(2)10-25(18-19(23)26(11-13(3)4)22(30)24-20(18)28)17(27)9-16-14-7-5-6-8-15(14)21(29)31-16/h5-8,12-13,16H,9-11,23H2,1-4H3,(H,24,28,30). The van der Waals surface area contributed by atoms with Crippen molar-refractivity contribution < 1.29 is 14.3 Å². The second-order valence-corrected chi connectivity index (χ2v) is 8.58. The Morgan fingerprint density at radius 2 is 1.84 bits per heavy atom. The molecule has 9 heteroatoms. The molecular weight excluding hydrogens is 400 g/mol. The number of benzene rings is 1. The highest BCUT2D eigenvalue weighted by Crippen LogP contribution is 2.34. The fourth-order valence-corrected chi connectivity index (χ4v) is 3.71. The molecule has 1 aliphatic rings. The van der Waals surface area contributed by atoms with Crippen molar-refractivity contribution in [1.29, 1.82) is 0 Å². The minimum Gasteiger partial charge on any atom is -0.453 e. The maximum absolute atomic E-state index is 13.3. The van der Waals surface area contributed by atoms with Crippen LogP contribution >= 0.6 is 0 Å². The summed E-state index contributed by atoms with van der Waals surface area (Å²) in [6.07, 6.45) is -0.884. The Hall–Kier alpha value is -3.36. The van der Waals surface area contributed by atoms with Crippen LogP contribution in [0.1, 0.15) is 56.1 Å². The van der Waals surface area contributed by atoms with Crippen molar-refractivity contribution in [3.05, 3.63) is 56.2 Å². The average Bonchev–Trinajstić information content (AvgIpc) is 2.99. The number of anilines is 2. The smallest absolute Gasteiger partial charge is 0.339 e. The van der Waals surface area contributed by atoms with Crippen molar-refractivity contribution >= 4 is 23.4 Å². The van der Waals surface area contributed by atoms with E-state index < -0.39 is 29.2 Å². The van der Waals surface area contributed by atoms with Crippen molar-refractivity contribution in [1.82, 2.24) is 9.55 Å². The molecule has 1 aromatic carbocycles. The molecule has 2 aromatic rings. The molecule has 0 fully saturated rings. The third-order valence-corrected chi connectivity index (χ3v) is 5.02. The minimum absolute atomic E-state index is 0.0200. The molecule has 3 rings (SSSR count). The van der Waals surface area contributed by atoms with Crippen molar-refractivity contribution in [3.63, 3.8) is 0 Å². The molecule has 1 aliphatic heterocycles. The number of nitrogen functional groups attached to an aromatic ring is 1. The number of nitrogens with zero attached hydrogens (tertiary/aromatic N) is 2. The Balaban J connectivity index is 2.00. The zero-order valence-electron chi connectivity index (χ0n) is 18.2. The van der Waals surface area contributed by atoms with E-state index in [2.05, 4.69) is 4.98 Å². The Morgan fingerprint density at radius 1 is 1.16 bits per heavy atom. The molecule has 1 aromatic heterocycles. The first kappa shape index (κ1) is 22.3. The van der Waals surface area contributed by atoms with E-state index in [9.17, 15) is 19.2 Å². The van der Waals surface area contributed by atoms with Gasteiger partial charge in [-0.15, -0.1) is 0 Å². The van der Waals surface area contributed by atoms with Gasteiger partial charge in [-0.05, 0) is 17.9 Å².